The lowest BCUT2D eigenvalue weighted by molar-refractivity contribution is 0.0788. The fourth-order valence-corrected chi connectivity index (χ4v) is 3.08. The summed E-state index contributed by atoms with van der Waals surface area (Å²) in [6.07, 6.45) is 3.38. The summed E-state index contributed by atoms with van der Waals surface area (Å²) in [5.74, 6) is -0.0952. The number of hydrogen-bond donors (Lipinski definition) is 2. The Morgan fingerprint density at radius 3 is 3.16 bits per heavy atom. The molecule has 0 radical (unpaired) electrons. The molecule has 2 aromatic rings. The van der Waals surface area contributed by atoms with Gasteiger partial charge in [0.1, 0.15) is 11.3 Å². The molecule has 0 saturated carbocycles. The van der Waals surface area contributed by atoms with E-state index in [-0.39, 0.29) is 11.7 Å². The third-order valence-electron chi connectivity index (χ3n) is 2.98. The highest BCUT2D eigenvalue weighted by molar-refractivity contribution is 7.17. The number of amides is 1. The molecule has 0 saturated heterocycles. The van der Waals surface area contributed by atoms with Crippen LogP contribution in [0.5, 0.6) is 0 Å². The molecule has 2 aromatic heterocycles. The molecular weight excluding hydrogens is 266 g/mol. The van der Waals surface area contributed by atoms with Gasteiger partial charge in [-0.2, -0.15) is 0 Å². The molecule has 0 unspecified atom stereocenters. The zero-order chi connectivity index (χ0) is 13.6. The summed E-state index contributed by atoms with van der Waals surface area (Å²) in [7, 11) is 1.73. The van der Waals surface area contributed by atoms with Gasteiger partial charge >= 0.3 is 0 Å². The van der Waals surface area contributed by atoms with Crippen molar-refractivity contribution in [3.63, 3.8) is 0 Å². The number of fused-ring (bicyclic) bond motifs is 3. The Bertz CT molecular complexity index is 687. The van der Waals surface area contributed by atoms with Crippen LogP contribution >= 0.6 is 11.3 Å². The fraction of sp³-hybridized carbons (Fsp3) is 0.182. The number of imidazole rings is 1. The van der Waals surface area contributed by atoms with Crippen molar-refractivity contribution >= 4 is 23.1 Å². The van der Waals surface area contributed by atoms with Crippen LogP contribution in [-0.2, 0) is 6.54 Å². The molecule has 0 aromatic carbocycles. The van der Waals surface area contributed by atoms with Crippen molar-refractivity contribution in [3.8, 4) is 5.00 Å². The largest absolute Gasteiger partial charge is 0.409 e. The van der Waals surface area contributed by atoms with Crippen LogP contribution in [0.1, 0.15) is 20.9 Å². The maximum Gasteiger partial charge on any atom is 0.256 e. The number of nitrogens with two attached hydrogens (primary N) is 1. The van der Waals surface area contributed by atoms with Crippen LogP contribution in [-0.4, -0.2) is 38.4 Å². The topological polar surface area (TPSA) is 96.7 Å². The average Bonchev–Trinajstić information content (AvgIpc) is 3.00. The molecule has 0 bridgehead atoms. The Hall–Kier alpha value is -2.35. The monoisotopic (exact) mass is 277 g/mol. The lowest BCUT2D eigenvalue weighted by Crippen LogP contribution is -2.24. The fourth-order valence-electron chi connectivity index (χ4n) is 2.03. The van der Waals surface area contributed by atoms with E-state index >= 15 is 0 Å². The normalized spacial score (nSPS) is 15.1. The van der Waals surface area contributed by atoms with E-state index in [1.165, 1.54) is 11.3 Å². The Kier molecular flexibility index (Phi) is 2.53. The Morgan fingerprint density at radius 1 is 1.63 bits per heavy atom. The number of aromatic nitrogens is 2. The first-order valence-electron chi connectivity index (χ1n) is 5.50. The first-order valence-corrected chi connectivity index (χ1v) is 6.32. The van der Waals surface area contributed by atoms with Crippen LogP contribution in [0.2, 0.25) is 0 Å². The Balaban J connectivity index is 2.25. The molecule has 0 spiro atoms. The molecule has 19 heavy (non-hydrogen) atoms. The van der Waals surface area contributed by atoms with E-state index in [0.29, 0.717) is 17.0 Å². The molecule has 7 nitrogen and oxygen atoms in total. The molecule has 1 amide bonds. The molecular formula is C11H11N5O2S. The van der Waals surface area contributed by atoms with Crippen LogP contribution in [0.15, 0.2) is 23.7 Å². The highest BCUT2D eigenvalue weighted by atomic mass is 32.1. The van der Waals surface area contributed by atoms with Crippen LogP contribution in [0.4, 0.5) is 0 Å². The molecule has 0 atom stereocenters. The van der Waals surface area contributed by atoms with Crippen molar-refractivity contribution in [1.29, 1.82) is 0 Å². The van der Waals surface area contributed by atoms with E-state index in [2.05, 4.69) is 10.1 Å². The van der Waals surface area contributed by atoms with Gasteiger partial charge < -0.3 is 15.8 Å². The lowest BCUT2D eigenvalue weighted by Gasteiger charge is -2.12. The SMILES string of the molecule is CN1Cc2cncn2-c2sc(C(N)=NO)cc2C1=O. The second-order valence-corrected chi connectivity index (χ2v) is 5.26. The number of amidine groups is 1. The van der Waals surface area contributed by atoms with Crippen molar-refractivity contribution in [2.45, 2.75) is 6.54 Å². The summed E-state index contributed by atoms with van der Waals surface area (Å²) in [6.45, 7) is 0.499. The minimum absolute atomic E-state index is 0.00445. The van der Waals surface area contributed by atoms with Gasteiger partial charge in [0.15, 0.2) is 5.84 Å². The van der Waals surface area contributed by atoms with Gasteiger partial charge in [-0.15, -0.1) is 11.3 Å². The second-order valence-electron chi connectivity index (χ2n) is 4.23. The zero-order valence-electron chi connectivity index (χ0n) is 10.1. The van der Waals surface area contributed by atoms with Gasteiger partial charge in [-0.1, -0.05) is 5.16 Å². The van der Waals surface area contributed by atoms with E-state index in [1.807, 2.05) is 4.57 Å². The third-order valence-corrected chi connectivity index (χ3v) is 4.14. The third kappa shape index (κ3) is 1.68. The summed E-state index contributed by atoms with van der Waals surface area (Å²) in [5.41, 5.74) is 7.03. The summed E-state index contributed by atoms with van der Waals surface area (Å²) in [5, 5.41) is 12.4. The molecule has 0 fully saturated rings. The van der Waals surface area contributed by atoms with E-state index in [0.717, 1.165) is 10.7 Å². The maximum absolute atomic E-state index is 12.3. The Morgan fingerprint density at radius 2 is 2.42 bits per heavy atom. The quantitative estimate of drug-likeness (QED) is 0.345. The van der Waals surface area contributed by atoms with Crippen molar-refractivity contribution in [2.24, 2.45) is 10.9 Å². The number of thiophene rings is 1. The molecule has 8 heteroatoms. The summed E-state index contributed by atoms with van der Waals surface area (Å²) >= 11 is 1.29. The van der Waals surface area contributed by atoms with E-state index in [9.17, 15) is 4.79 Å². The maximum atomic E-state index is 12.3. The van der Waals surface area contributed by atoms with Gasteiger partial charge in [-0.25, -0.2) is 4.98 Å². The predicted octanol–water partition coefficient (Wildman–Crippen LogP) is 0.614. The van der Waals surface area contributed by atoms with Crippen LogP contribution in [0.25, 0.3) is 5.00 Å². The summed E-state index contributed by atoms with van der Waals surface area (Å²) in [6, 6.07) is 1.64. The summed E-state index contributed by atoms with van der Waals surface area (Å²) < 4.78 is 1.86. The lowest BCUT2D eigenvalue weighted by atomic mass is 10.2. The van der Waals surface area contributed by atoms with Gasteiger partial charge in [-0.05, 0) is 6.07 Å². The number of carbonyl (C=O) groups is 1. The van der Waals surface area contributed by atoms with Crippen molar-refractivity contribution in [3.05, 3.63) is 34.7 Å². The number of rotatable bonds is 1. The minimum atomic E-state index is -0.0908. The molecule has 0 aliphatic carbocycles. The molecule has 1 aliphatic heterocycles. The van der Waals surface area contributed by atoms with Gasteiger partial charge in [0.25, 0.3) is 5.91 Å². The van der Waals surface area contributed by atoms with E-state index in [4.69, 9.17) is 10.9 Å². The van der Waals surface area contributed by atoms with Gasteiger partial charge in [0.05, 0.1) is 28.9 Å². The highest BCUT2D eigenvalue weighted by Gasteiger charge is 2.27. The van der Waals surface area contributed by atoms with Crippen LogP contribution in [0, 0.1) is 0 Å². The van der Waals surface area contributed by atoms with Crippen molar-refractivity contribution in [1.82, 2.24) is 14.5 Å². The molecule has 3 rings (SSSR count). The first-order chi connectivity index (χ1) is 9.11. The minimum Gasteiger partial charge on any atom is -0.409 e. The van der Waals surface area contributed by atoms with Crippen molar-refractivity contribution in [2.75, 3.05) is 7.05 Å². The van der Waals surface area contributed by atoms with E-state index in [1.54, 1.807) is 30.5 Å². The van der Waals surface area contributed by atoms with Gasteiger partial charge in [-0.3, -0.25) is 9.36 Å². The first kappa shape index (κ1) is 11.7. The number of oxime groups is 1. The van der Waals surface area contributed by atoms with Gasteiger partial charge in [0, 0.05) is 7.05 Å². The smallest absolute Gasteiger partial charge is 0.256 e. The van der Waals surface area contributed by atoms with Gasteiger partial charge in [0.2, 0.25) is 0 Å². The number of nitrogens with zero attached hydrogens (tertiary/aromatic N) is 4. The molecule has 98 valence electrons. The predicted molar refractivity (Wildman–Crippen MR) is 69.7 cm³/mol. The molecule has 3 heterocycles. The number of hydrogen-bond acceptors (Lipinski definition) is 5. The standard InChI is InChI=1S/C11H11N5O2S/c1-15-4-6-3-13-5-16(6)11-7(10(15)17)2-8(19-11)9(12)14-18/h2-3,5,18H,4H2,1H3,(H2,12,14). The van der Waals surface area contributed by atoms with E-state index < -0.39 is 0 Å². The second kappa shape index (κ2) is 4.09. The summed E-state index contributed by atoms with van der Waals surface area (Å²) in [4.78, 5) is 18.5. The zero-order valence-corrected chi connectivity index (χ0v) is 10.9. The van der Waals surface area contributed by atoms with Crippen LogP contribution in [0.3, 0.4) is 0 Å². The number of carbonyl (C=O) groups excluding carboxylic acids is 1. The molecule has 3 N–H and O–H groups in total. The van der Waals surface area contributed by atoms with Crippen molar-refractivity contribution < 1.29 is 10.0 Å². The Labute approximate surface area is 112 Å². The highest BCUT2D eigenvalue weighted by Crippen LogP contribution is 2.31. The van der Waals surface area contributed by atoms with Crippen LogP contribution < -0.4 is 5.73 Å². The molecule has 1 aliphatic rings. The average molecular weight is 277 g/mol.